The number of carbonyl (C=O) groups excluding carboxylic acids is 3. The van der Waals surface area contributed by atoms with E-state index in [0.717, 1.165) is 5.39 Å². The summed E-state index contributed by atoms with van der Waals surface area (Å²) in [6, 6.07) is 9.71. The van der Waals surface area contributed by atoms with E-state index in [0.29, 0.717) is 22.6 Å². The summed E-state index contributed by atoms with van der Waals surface area (Å²) in [6.45, 7) is 0. The number of anilines is 1. The van der Waals surface area contributed by atoms with Crippen LogP contribution in [0.1, 0.15) is 17.5 Å². The van der Waals surface area contributed by atoms with Crippen molar-refractivity contribution in [3.8, 4) is 17.1 Å². The number of aromatic hydroxyl groups is 1. The maximum absolute atomic E-state index is 14.1. The Morgan fingerprint density at radius 3 is 2.38 bits per heavy atom. The summed E-state index contributed by atoms with van der Waals surface area (Å²) >= 11 is 0. The Balaban J connectivity index is 1.59. The number of Topliss-reactive ketones (excluding diaryl/α,β-unsaturated/α-hetero) is 2. The Bertz CT molecular complexity index is 1750. The number of fused-ring (bicyclic) bond motifs is 4. The molecule has 0 spiro atoms. The van der Waals surface area contributed by atoms with E-state index in [1.165, 1.54) is 4.90 Å². The van der Waals surface area contributed by atoms with Crippen LogP contribution < -0.4 is 10.6 Å². The molecule has 0 radical (unpaired) electrons. The Morgan fingerprint density at radius 1 is 1.07 bits per heavy atom. The van der Waals surface area contributed by atoms with E-state index in [-0.39, 0.29) is 35.3 Å². The summed E-state index contributed by atoms with van der Waals surface area (Å²) in [5, 5.41) is 46.9. The van der Waals surface area contributed by atoms with Gasteiger partial charge in [-0.15, -0.1) is 0 Å². The molecule has 6 rings (SSSR count). The number of nitrogens with zero attached hydrogens (tertiary/aromatic N) is 2. The number of ketones is 2. The van der Waals surface area contributed by atoms with E-state index < -0.39 is 58.0 Å². The Kier molecular flexibility index (Phi) is 6.03. The molecule has 6 N–H and O–H groups in total. The third kappa shape index (κ3) is 3.56. The van der Waals surface area contributed by atoms with Crippen LogP contribution in [0.2, 0.25) is 0 Å². The average Bonchev–Trinajstić information content (AvgIpc) is 3.34. The number of para-hydroxylation sites is 1. The molecule has 0 aliphatic heterocycles. The van der Waals surface area contributed by atoms with Gasteiger partial charge in [0.25, 0.3) is 5.91 Å². The Hall–Kier alpha value is -4.61. The smallest absolute Gasteiger partial charge is 0.255 e. The molecule has 3 aromatic rings. The van der Waals surface area contributed by atoms with Gasteiger partial charge in [-0.2, -0.15) is 0 Å². The molecule has 218 valence electrons. The van der Waals surface area contributed by atoms with Crippen molar-refractivity contribution < 1.29 is 39.2 Å². The van der Waals surface area contributed by atoms with Crippen molar-refractivity contribution in [1.29, 1.82) is 0 Å². The topological polar surface area (TPSA) is 178 Å². The first-order valence-corrected chi connectivity index (χ1v) is 13.5. The van der Waals surface area contributed by atoms with E-state index >= 15 is 0 Å². The monoisotopic (exact) mass is 573 g/mol. The third-order valence-corrected chi connectivity index (χ3v) is 8.87. The zero-order valence-corrected chi connectivity index (χ0v) is 23.5. The largest absolute Gasteiger partial charge is 0.508 e. The number of phenolic OH excluding ortho intramolecular Hbond substituents is 1. The van der Waals surface area contributed by atoms with Gasteiger partial charge >= 0.3 is 0 Å². The SMILES string of the molecule is CN(C)c1cc(-c2cc3ccccc3o2)c(O)c2c1C[C@H]1C[C@H]3[C@H](N(C)C)C(=O)C(C(N)=O)=C(O)[C@@]3(O)C(=O)C1=C2O. The maximum Gasteiger partial charge on any atom is 0.255 e. The maximum atomic E-state index is 14.1. The Morgan fingerprint density at radius 2 is 1.76 bits per heavy atom. The van der Waals surface area contributed by atoms with Gasteiger partial charge in [-0.25, -0.2) is 0 Å². The van der Waals surface area contributed by atoms with Crippen LogP contribution in [0.15, 0.2) is 57.7 Å². The van der Waals surface area contributed by atoms with Gasteiger partial charge in [0.1, 0.15) is 34.2 Å². The number of aliphatic hydroxyl groups excluding tert-OH is 2. The highest BCUT2D eigenvalue weighted by Gasteiger charge is 2.64. The molecule has 0 saturated heterocycles. The number of hydrogen-bond donors (Lipinski definition) is 5. The summed E-state index contributed by atoms with van der Waals surface area (Å²) < 4.78 is 6.00. The highest BCUT2D eigenvalue weighted by Crippen LogP contribution is 2.55. The molecule has 0 bridgehead atoms. The highest BCUT2D eigenvalue weighted by molar-refractivity contribution is 6.24. The third-order valence-electron chi connectivity index (χ3n) is 8.87. The molecular weight excluding hydrogens is 542 g/mol. The predicted octanol–water partition coefficient (Wildman–Crippen LogP) is 2.44. The van der Waals surface area contributed by atoms with Crippen molar-refractivity contribution >= 4 is 39.9 Å². The summed E-state index contributed by atoms with van der Waals surface area (Å²) in [6.07, 6.45) is 0.209. The van der Waals surface area contributed by atoms with Crippen LogP contribution in [0.5, 0.6) is 5.75 Å². The lowest BCUT2D eigenvalue weighted by molar-refractivity contribution is -0.153. The lowest BCUT2D eigenvalue weighted by Gasteiger charge is -2.50. The van der Waals surface area contributed by atoms with Crippen molar-refractivity contribution in [3.63, 3.8) is 0 Å². The van der Waals surface area contributed by atoms with E-state index in [4.69, 9.17) is 10.2 Å². The first kappa shape index (κ1) is 27.6. The second kappa shape index (κ2) is 9.20. The molecule has 0 unspecified atom stereocenters. The number of amides is 1. The highest BCUT2D eigenvalue weighted by atomic mass is 16.4. The van der Waals surface area contributed by atoms with Crippen LogP contribution in [0, 0.1) is 11.8 Å². The first-order valence-electron chi connectivity index (χ1n) is 13.5. The predicted molar refractivity (Wildman–Crippen MR) is 154 cm³/mol. The number of primary amides is 1. The van der Waals surface area contributed by atoms with E-state index in [1.54, 1.807) is 32.3 Å². The molecule has 3 aliphatic carbocycles. The van der Waals surface area contributed by atoms with Crippen LogP contribution in [-0.4, -0.2) is 82.6 Å². The van der Waals surface area contributed by atoms with Gasteiger partial charge in [0.05, 0.1) is 17.2 Å². The van der Waals surface area contributed by atoms with Crippen LogP contribution >= 0.6 is 0 Å². The van der Waals surface area contributed by atoms with Crippen LogP contribution in [0.25, 0.3) is 28.1 Å². The van der Waals surface area contributed by atoms with Crippen LogP contribution in [0.4, 0.5) is 5.69 Å². The molecule has 1 saturated carbocycles. The lowest BCUT2D eigenvalue weighted by Crippen LogP contribution is -2.65. The minimum Gasteiger partial charge on any atom is -0.508 e. The molecule has 1 aromatic heterocycles. The number of benzene rings is 2. The fraction of sp³-hybridized carbons (Fsp3) is 0.323. The van der Waals surface area contributed by atoms with Crippen LogP contribution in [-0.2, 0) is 20.8 Å². The minimum absolute atomic E-state index is 0.00736. The van der Waals surface area contributed by atoms with E-state index in [1.807, 2.05) is 37.2 Å². The summed E-state index contributed by atoms with van der Waals surface area (Å²) in [5.74, 6) is -6.56. The number of furan rings is 1. The Labute approximate surface area is 240 Å². The molecule has 1 heterocycles. The van der Waals surface area contributed by atoms with Crippen molar-refractivity contribution in [3.05, 3.63) is 64.4 Å². The number of carbonyl (C=O) groups is 3. The summed E-state index contributed by atoms with van der Waals surface area (Å²) in [5.41, 5.74) is 3.79. The van der Waals surface area contributed by atoms with Gasteiger partial charge in [-0.3, -0.25) is 19.3 Å². The van der Waals surface area contributed by atoms with Gasteiger partial charge in [-0.1, -0.05) is 18.2 Å². The van der Waals surface area contributed by atoms with Gasteiger partial charge < -0.3 is 35.5 Å². The van der Waals surface area contributed by atoms with Gasteiger partial charge in [0.15, 0.2) is 11.4 Å². The minimum atomic E-state index is -2.69. The normalized spacial score (nSPS) is 25.5. The number of likely N-dealkylation sites (N-methyl/N-ethyl adjacent to an activating group) is 1. The van der Waals surface area contributed by atoms with Crippen molar-refractivity contribution in [2.24, 2.45) is 17.6 Å². The summed E-state index contributed by atoms with van der Waals surface area (Å²) in [7, 11) is 6.75. The van der Waals surface area contributed by atoms with Gasteiger partial charge in [0, 0.05) is 36.7 Å². The number of hydrogen-bond acceptors (Lipinski definition) is 10. The first-order chi connectivity index (χ1) is 19.8. The molecule has 4 atom stereocenters. The van der Waals surface area contributed by atoms with Crippen molar-refractivity contribution in [2.75, 3.05) is 33.1 Å². The second-order valence-corrected chi connectivity index (χ2v) is 11.6. The lowest BCUT2D eigenvalue weighted by atomic mass is 9.57. The number of nitrogens with two attached hydrogens (primary N) is 1. The fourth-order valence-corrected chi connectivity index (χ4v) is 6.99. The zero-order valence-electron chi connectivity index (χ0n) is 23.5. The number of phenols is 1. The van der Waals surface area contributed by atoms with Crippen molar-refractivity contribution in [2.45, 2.75) is 24.5 Å². The van der Waals surface area contributed by atoms with E-state index in [9.17, 15) is 34.8 Å². The van der Waals surface area contributed by atoms with Crippen LogP contribution in [0.3, 0.4) is 0 Å². The standard InChI is InChI=1S/C31H31N3O8/c1-33(2)18-12-16(20-11-13-7-5-6-8-19(13)42-20)25(35)22-15(18)9-14-10-17-24(34(3)4)27(37)23(30(32)40)29(39)31(17,41)28(38)21(14)26(22)36/h5-8,11-12,14,17,24,35-36,39,41H,9-10H2,1-4H3,(H2,32,40)/t14-,17-,24-,31-/m0/s1. The number of rotatable bonds is 4. The van der Waals surface area contributed by atoms with E-state index in [2.05, 4.69) is 0 Å². The quantitative estimate of drug-likeness (QED) is 0.291. The second-order valence-electron chi connectivity index (χ2n) is 11.6. The molecule has 3 aliphatic rings. The average molecular weight is 574 g/mol. The fourth-order valence-electron chi connectivity index (χ4n) is 6.99. The zero-order chi connectivity index (χ0) is 30.4. The van der Waals surface area contributed by atoms with Crippen molar-refractivity contribution in [1.82, 2.24) is 4.90 Å². The molecule has 2 aromatic carbocycles. The number of aliphatic hydroxyl groups is 3. The van der Waals surface area contributed by atoms with Gasteiger partial charge in [0.2, 0.25) is 5.78 Å². The molecule has 1 amide bonds. The summed E-state index contributed by atoms with van der Waals surface area (Å²) in [4.78, 5) is 42.9. The molecular formula is C31H31N3O8. The molecule has 11 heteroatoms. The molecule has 1 fully saturated rings. The molecule has 42 heavy (non-hydrogen) atoms. The molecule has 11 nitrogen and oxygen atoms in total. The van der Waals surface area contributed by atoms with Gasteiger partial charge in [-0.05, 0) is 56.6 Å².